The lowest BCUT2D eigenvalue weighted by Crippen LogP contribution is -2.19. The molecule has 1 aromatic heterocycles. The van der Waals surface area contributed by atoms with Crippen molar-refractivity contribution in [3.63, 3.8) is 0 Å². The van der Waals surface area contributed by atoms with Crippen molar-refractivity contribution in [2.45, 2.75) is 39.3 Å². The van der Waals surface area contributed by atoms with Crippen LogP contribution in [0.2, 0.25) is 0 Å². The van der Waals surface area contributed by atoms with Crippen LogP contribution >= 0.6 is 0 Å². The number of rotatable bonds is 8. The Hall–Kier alpha value is -0.870. The van der Waals surface area contributed by atoms with Crippen molar-refractivity contribution < 1.29 is 4.74 Å². The van der Waals surface area contributed by atoms with Gasteiger partial charge in [-0.25, -0.2) is 0 Å². The third-order valence-electron chi connectivity index (χ3n) is 2.70. The molecule has 16 heavy (non-hydrogen) atoms. The minimum atomic E-state index is 0.378. The van der Waals surface area contributed by atoms with E-state index in [0.717, 1.165) is 32.5 Å². The zero-order valence-electron chi connectivity index (χ0n) is 10.6. The van der Waals surface area contributed by atoms with Crippen molar-refractivity contribution in [2.24, 2.45) is 0 Å². The van der Waals surface area contributed by atoms with Crippen LogP contribution in [0.1, 0.15) is 38.3 Å². The van der Waals surface area contributed by atoms with Gasteiger partial charge in [-0.05, 0) is 33.2 Å². The third kappa shape index (κ3) is 4.33. The van der Waals surface area contributed by atoms with Gasteiger partial charge in [0.15, 0.2) is 0 Å². The first-order valence-corrected chi connectivity index (χ1v) is 6.02. The molecular formula is C12H23N3O. The molecule has 1 atom stereocenters. The van der Waals surface area contributed by atoms with Gasteiger partial charge in [0.05, 0.1) is 6.20 Å². The molecule has 4 nitrogen and oxygen atoms in total. The van der Waals surface area contributed by atoms with Gasteiger partial charge in [0.25, 0.3) is 0 Å². The highest BCUT2D eigenvalue weighted by molar-refractivity contribution is 5.08. The molecule has 4 heteroatoms. The zero-order valence-corrected chi connectivity index (χ0v) is 10.6. The van der Waals surface area contributed by atoms with Crippen molar-refractivity contribution in [1.82, 2.24) is 15.1 Å². The Morgan fingerprint density at radius 3 is 2.94 bits per heavy atom. The maximum atomic E-state index is 5.01. The molecule has 0 aliphatic rings. The molecule has 1 rings (SSSR count). The molecule has 0 amide bonds. The van der Waals surface area contributed by atoms with E-state index in [1.54, 1.807) is 7.11 Å². The number of aromatic nitrogens is 2. The van der Waals surface area contributed by atoms with Gasteiger partial charge in [-0.1, -0.05) is 0 Å². The molecule has 0 aromatic carbocycles. The topological polar surface area (TPSA) is 39.1 Å². The first-order chi connectivity index (χ1) is 7.77. The van der Waals surface area contributed by atoms with Gasteiger partial charge >= 0.3 is 0 Å². The summed E-state index contributed by atoms with van der Waals surface area (Å²) >= 11 is 0. The first kappa shape index (κ1) is 13.2. The van der Waals surface area contributed by atoms with Gasteiger partial charge in [-0.2, -0.15) is 5.10 Å². The van der Waals surface area contributed by atoms with Crippen molar-refractivity contribution in [2.75, 3.05) is 20.3 Å². The van der Waals surface area contributed by atoms with Gasteiger partial charge in [-0.15, -0.1) is 0 Å². The highest BCUT2D eigenvalue weighted by Crippen LogP contribution is 2.10. The normalized spacial score (nSPS) is 12.9. The summed E-state index contributed by atoms with van der Waals surface area (Å²) in [7, 11) is 1.75. The summed E-state index contributed by atoms with van der Waals surface area (Å²) in [5, 5.41) is 7.76. The summed E-state index contributed by atoms with van der Waals surface area (Å²) in [5.41, 5.74) is 1.26. The molecule has 0 spiro atoms. The molecule has 1 unspecified atom stereocenters. The lowest BCUT2D eigenvalue weighted by atomic mass is 10.2. The van der Waals surface area contributed by atoms with Crippen LogP contribution in [0, 0.1) is 0 Å². The number of nitrogens with zero attached hydrogens (tertiary/aromatic N) is 2. The molecule has 0 aliphatic heterocycles. The van der Waals surface area contributed by atoms with E-state index in [4.69, 9.17) is 4.74 Å². The van der Waals surface area contributed by atoms with Crippen LogP contribution in [-0.2, 0) is 11.3 Å². The highest BCUT2D eigenvalue weighted by atomic mass is 16.5. The second kappa shape index (κ2) is 7.41. The van der Waals surface area contributed by atoms with E-state index in [9.17, 15) is 0 Å². The Labute approximate surface area is 98.0 Å². The number of hydrogen-bond donors (Lipinski definition) is 1. The summed E-state index contributed by atoms with van der Waals surface area (Å²) in [5.74, 6) is 0. The highest BCUT2D eigenvalue weighted by Gasteiger charge is 2.06. The van der Waals surface area contributed by atoms with Crippen molar-refractivity contribution in [1.29, 1.82) is 0 Å². The number of ether oxygens (including phenoxy) is 1. The summed E-state index contributed by atoms with van der Waals surface area (Å²) in [6, 6.07) is 0.378. The Bertz CT molecular complexity index is 286. The number of aryl methyl sites for hydroxylation is 1. The lowest BCUT2D eigenvalue weighted by Gasteiger charge is -2.11. The molecule has 1 aromatic rings. The standard InChI is InChI=1S/C12H23N3O/c1-4-15-10-12(9-14-15)11(2)13-7-5-6-8-16-3/h9-11,13H,4-8H2,1-3H3. The van der Waals surface area contributed by atoms with Crippen LogP contribution in [0.3, 0.4) is 0 Å². The van der Waals surface area contributed by atoms with Crippen LogP contribution in [0.25, 0.3) is 0 Å². The summed E-state index contributed by atoms with van der Waals surface area (Å²) in [6.07, 6.45) is 6.31. The molecule has 0 saturated carbocycles. The average molecular weight is 225 g/mol. The fourth-order valence-corrected chi connectivity index (χ4v) is 1.58. The van der Waals surface area contributed by atoms with Crippen LogP contribution in [-0.4, -0.2) is 30.0 Å². The Morgan fingerprint density at radius 1 is 1.50 bits per heavy atom. The fraction of sp³-hybridized carbons (Fsp3) is 0.750. The largest absolute Gasteiger partial charge is 0.385 e. The van der Waals surface area contributed by atoms with Gasteiger partial charge in [0.1, 0.15) is 0 Å². The van der Waals surface area contributed by atoms with Gasteiger partial charge in [-0.3, -0.25) is 4.68 Å². The van der Waals surface area contributed by atoms with Crippen molar-refractivity contribution in [3.8, 4) is 0 Å². The minimum absolute atomic E-state index is 0.378. The number of unbranched alkanes of at least 4 members (excludes halogenated alkanes) is 1. The van der Waals surface area contributed by atoms with E-state index in [1.807, 2.05) is 10.9 Å². The predicted octanol–water partition coefficient (Wildman–Crippen LogP) is 1.98. The van der Waals surface area contributed by atoms with Gasteiger partial charge in [0.2, 0.25) is 0 Å². The van der Waals surface area contributed by atoms with Crippen LogP contribution in [0.4, 0.5) is 0 Å². The van der Waals surface area contributed by atoms with Gasteiger partial charge in [0, 0.05) is 38.1 Å². The quantitative estimate of drug-likeness (QED) is 0.688. The summed E-state index contributed by atoms with van der Waals surface area (Å²) in [4.78, 5) is 0. The van der Waals surface area contributed by atoms with Crippen LogP contribution < -0.4 is 5.32 Å². The van der Waals surface area contributed by atoms with Crippen LogP contribution in [0.5, 0.6) is 0 Å². The molecule has 0 fully saturated rings. The number of hydrogen-bond acceptors (Lipinski definition) is 3. The molecule has 0 bridgehead atoms. The predicted molar refractivity (Wildman–Crippen MR) is 65.4 cm³/mol. The van der Waals surface area contributed by atoms with Crippen LogP contribution in [0.15, 0.2) is 12.4 Å². The SMILES string of the molecule is CCn1cc(C(C)NCCCCOC)cn1. The molecular weight excluding hydrogens is 202 g/mol. The maximum absolute atomic E-state index is 5.01. The monoisotopic (exact) mass is 225 g/mol. The third-order valence-corrected chi connectivity index (χ3v) is 2.70. The van der Waals surface area contributed by atoms with E-state index in [1.165, 1.54) is 5.56 Å². The van der Waals surface area contributed by atoms with E-state index < -0.39 is 0 Å². The summed E-state index contributed by atoms with van der Waals surface area (Å²) < 4.78 is 6.97. The Morgan fingerprint density at radius 2 is 2.31 bits per heavy atom. The minimum Gasteiger partial charge on any atom is -0.385 e. The molecule has 92 valence electrons. The fourth-order valence-electron chi connectivity index (χ4n) is 1.58. The molecule has 0 radical (unpaired) electrons. The average Bonchev–Trinajstić information content (AvgIpc) is 2.77. The maximum Gasteiger partial charge on any atom is 0.0537 e. The number of nitrogens with one attached hydrogen (secondary N) is 1. The van der Waals surface area contributed by atoms with E-state index in [2.05, 4.69) is 30.5 Å². The molecule has 1 heterocycles. The van der Waals surface area contributed by atoms with Crippen molar-refractivity contribution >= 4 is 0 Å². The number of methoxy groups -OCH3 is 1. The van der Waals surface area contributed by atoms with Gasteiger partial charge < -0.3 is 10.1 Å². The molecule has 0 aliphatic carbocycles. The summed E-state index contributed by atoms with van der Waals surface area (Å²) in [6.45, 7) is 7.08. The second-order valence-electron chi connectivity index (χ2n) is 4.01. The van der Waals surface area contributed by atoms with Crippen molar-refractivity contribution in [3.05, 3.63) is 18.0 Å². The molecule has 1 N–H and O–H groups in total. The smallest absolute Gasteiger partial charge is 0.0537 e. The van der Waals surface area contributed by atoms with E-state index in [-0.39, 0.29) is 0 Å². The lowest BCUT2D eigenvalue weighted by molar-refractivity contribution is 0.192. The van der Waals surface area contributed by atoms with E-state index in [0.29, 0.717) is 6.04 Å². The zero-order chi connectivity index (χ0) is 11.8. The second-order valence-corrected chi connectivity index (χ2v) is 4.01. The Balaban J connectivity index is 2.21. The van der Waals surface area contributed by atoms with E-state index >= 15 is 0 Å². The molecule has 0 saturated heterocycles. The Kier molecular flexibility index (Phi) is 6.11. The first-order valence-electron chi connectivity index (χ1n) is 6.02.